The lowest BCUT2D eigenvalue weighted by Gasteiger charge is -2.18. The summed E-state index contributed by atoms with van der Waals surface area (Å²) in [6.07, 6.45) is 7.76. The van der Waals surface area contributed by atoms with Crippen LogP contribution in [0.15, 0.2) is 36.7 Å². The Morgan fingerprint density at radius 2 is 2.24 bits per heavy atom. The third-order valence-electron chi connectivity index (χ3n) is 4.47. The van der Waals surface area contributed by atoms with Crippen molar-refractivity contribution in [1.82, 2.24) is 14.9 Å². The standard InChI is InChI=1S/C19H24N4O2/c1-23(9-3-7-16-8-4-10-25-16)19(24)15-6-2-5-14(11-15)17-12-22-18(20)13-21-17/h2,5-6,11-13,16H,3-4,7-10H2,1H3,(H2,20,22). The van der Waals surface area contributed by atoms with Crippen LogP contribution in [0.25, 0.3) is 11.3 Å². The van der Waals surface area contributed by atoms with E-state index in [0.717, 1.165) is 44.4 Å². The molecule has 1 atom stereocenters. The summed E-state index contributed by atoms with van der Waals surface area (Å²) in [5, 5.41) is 0. The molecule has 1 unspecified atom stereocenters. The zero-order valence-corrected chi connectivity index (χ0v) is 14.5. The molecular weight excluding hydrogens is 316 g/mol. The minimum atomic E-state index is 0.0117. The second-order valence-electron chi connectivity index (χ2n) is 6.41. The molecule has 1 aromatic heterocycles. The quantitative estimate of drug-likeness (QED) is 0.874. The van der Waals surface area contributed by atoms with Crippen molar-refractivity contribution < 1.29 is 9.53 Å². The van der Waals surface area contributed by atoms with E-state index >= 15 is 0 Å². The Bertz CT molecular complexity index is 712. The van der Waals surface area contributed by atoms with Gasteiger partial charge in [-0.25, -0.2) is 4.98 Å². The maximum absolute atomic E-state index is 12.6. The lowest BCUT2D eigenvalue weighted by atomic mass is 10.1. The van der Waals surface area contributed by atoms with Crippen LogP contribution in [0, 0.1) is 0 Å². The average molecular weight is 340 g/mol. The van der Waals surface area contributed by atoms with Crippen LogP contribution in [0.4, 0.5) is 5.82 Å². The highest BCUT2D eigenvalue weighted by Gasteiger charge is 2.17. The van der Waals surface area contributed by atoms with Gasteiger partial charge in [-0.05, 0) is 37.8 Å². The second kappa shape index (κ2) is 8.07. The molecule has 2 N–H and O–H groups in total. The summed E-state index contributed by atoms with van der Waals surface area (Å²) in [6, 6.07) is 7.45. The van der Waals surface area contributed by atoms with E-state index in [9.17, 15) is 4.79 Å². The van der Waals surface area contributed by atoms with Crippen molar-refractivity contribution >= 4 is 11.7 Å². The number of anilines is 1. The lowest BCUT2D eigenvalue weighted by Crippen LogP contribution is -2.28. The molecule has 25 heavy (non-hydrogen) atoms. The highest BCUT2D eigenvalue weighted by atomic mass is 16.5. The Labute approximate surface area is 148 Å². The Kier molecular flexibility index (Phi) is 5.60. The van der Waals surface area contributed by atoms with Crippen LogP contribution in [-0.4, -0.2) is 47.1 Å². The smallest absolute Gasteiger partial charge is 0.253 e. The summed E-state index contributed by atoms with van der Waals surface area (Å²) >= 11 is 0. The van der Waals surface area contributed by atoms with E-state index in [0.29, 0.717) is 23.2 Å². The summed E-state index contributed by atoms with van der Waals surface area (Å²) < 4.78 is 5.63. The molecule has 6 heteroatoms. The van der Waals surface area contributed by atoms with Crippen molar-refractivity contribution in [3.8, 4) is 11.3 Å². The average Bonchev–Trinajstić information content (AvgIpc) is 3.15. The number of nitrogens with two attached hydrogens (primary N) is 1. The molecule has 1 aliphatic heterocycles. The molecule has 0 radical (unpaired) electrons. The maximum atomic E-state index is 12.6. The summed E-state index contributed by atoms with van der Waals surface area (Å²) in [6.45, 7) is 1.60. The van der Waals surface area contributed by atoms with E-state index in [2.05, 4.69) is 9.97 Å². The first-order valence-corrected chi connectivity index (χ1v) is 8.68. The summed E-state index contributed by atoms with van der Waals surface area (Å²) in [5.74, 6) is 0.388. The second-order valence-corrected chi connectivity index (χ2v) is 6.41. The van der Waals surface area contributed by atoms with Crippen LogP contribution in [0.5, 0.6) is 0 Å². The monoisotopic (exact) mass is 340 g/mol. The number of ether oxygens (including phenoxy) is 1. The summed E-state index contributed by atoms with van der Waals surface area (Å²) in [5.41, 5.74) is 7.77. The Morgan fingerprint density at radius 3 is 2.96 bits per heavy atom. The molecule has 2 heterocycles. The first-order valence-electron chi connectivity index (χ1n) is 8.68. The summed E-state index contributed by atoms with van der Waals surface area (Å²) in [4.78, 5) is 22.7. The molecule has 0 saturated carbocycles. The number of rotatable bonds is 6. The SMILES string of the molecule is CN(CCCC1CCCO1)C(=O)c1cccc(-c2cnc(N)cn2)c1. The van der Waals surface area contributed by atoms with E-state index in [1.54, 1.807) is 11.1 Å². The largest absolute Gasteiger partial charge is 0.382 e. The van der Waals surface area contributed by atoms with E-state index in [4.69, 9.17) is 10.5 Å². The number of aromatic nitrogens is 2. The van der Waals surface area contributed by atoms with Crippen molar-refractivity contribution in [2.75, 3.05) is 25.9 Å². The minimum Gasteiger partial charge on any atom is -0.382 e. The number of hydrogen-bond acceptors (Lipinski definition) is 5. The molecule has 1 saturated heterocycles. The third-order valence-corrected chi connectivity index (χ3v) is 4.47. The van der Waals surface area contributed by atoms with Crippen molar-refractivity contribution in [2.24, 2.45) is 0 Å². The van der Waals surface area contributed by atoms with Gasteiger partial charge in [0.15, 0.2) is 0 Å². The van der Waals surface area contributed by atoms with Crippen molar-refractivity contribution in [1.29, 1.82) is 0 Å². The van der Waals surface area contributed by atoms with Crippen LogP contribution in [-0.2, 0) is 4.74 Å². The van der Waals surface area contributed by atoms with Crippen molar-refractivity contribution in [3.05, 3.63) is 42.2 Å². The molecule has 0 spiro atoms. The predicted molar refractivity (Wildman–Crippen MR) is 97.0 cm³/mol. The molecule has 132 valence electrons. The van der Waals surface area contributed by atoms with Gasteiger partial charge < -0.3 is 15.4 Å². The molecule has 1 amide bonds. The number of nitrogen functional groups attached to an aromatic ring is 1. The molecule has 2 aromatic rings. The zero-order chi connectivity index (χ0) is 17.6. The Hall–Kier alpha value is -2.47. The highest BCUT2D eigenvalue weighted by Crippen LogP contribution is 2.20. The van der Waals surface area contributed by atoms with Gasteiger partial charge in [0.05, 0.1) is 24.2 Å². The molecule has 3 rings (SSSR count). The number of amides is 1. The van der Waals surface area contributed by atoms with Gasteiger partial charge in [-0.15, -0.1) is 0 Å². The van der Waals surface area contributed by atoms with Crippen molar-refractivity contribution in [3.63, 3.8) is 0 Å². The van der Waals surface area contributed by atoms with Gasteiger partial charge in [0, 0.05) is 31.3 Å². The topological polar surface area (TPSA) is 81.3 Å². The first kappa shape index (κ1) is 17.4. The van der Waals surface area contributed by atoms with Gasteiger partial charge in [0.2, 0.25) is 0 Å². The van der Waals surface area contributed by atoms with E-state index in [1.807, 2.05) is 31.3 Å². The van der Waals surface area contributed by atoms with E-state index < -0.39 is 0 Å². The molecule has 0 bridgehead atoms. The molecule has 6 nitrogen and oxygen atoms in total. The van der Waals surface area contributed by atoms with Crippen LogP contribution in [0.1, 0.15) is 36.0 Å². The normalized spacial score (nSPS) is 16.8. The first-order chi connectivity index (χ1) is 12.1. The van der Waals surface area contributed by atoms with E-state index in [-0.39, 0.29) is 5.91 Å². The van der Waals surface area contributed by atoms with Crippen LogP contribution in [0.2, 0.25) is 0 Å². The summed E-state index contributed by atoms with van der Waals surface area (Å²) in [7, 11) is 1.84. The molecule has 1 aliphatic rings. The lowest BCUT2D eigenvalue weighted by molar-refractivity contribution is 0.0763. The molecule has 1 fully saturated rings. The van der Waals surface area contributed by atoms with Crippen LogP contribution < -0.4 is 5.73 Å². The number of hydrogen-bond donors (Lipinski definition) is 1. The van der Waals surface area contributed by atoms with Gasteiger partial charge in [0.1, 0.15) is 5.82 Å². The zero-order valence-electron chi connectivity index (χ0n) is 14.5. The van der Waals surface area contributed by atoms with Gasteiger partial charge >= 0.3 is 0 Å². The minimum absolute atomic E-state index is 0.0117. The van der Waals surface area contributed by atoms with Crippen LogP contribution >= 0.6 is 0 Å². The van der Waals surface area contributed by atoms with Gasteiger partial charge in [0.25, 0.3) is 5.91 Å². The number of benzene rings is 1. The molecule has 0 aliphatic carbocycles. The third kappa shape index (κ3) is 4.54. The fourth-order valence-electron chi connectivity index (χ4n) is 3.05. The van der Waals surface area contributed by atoms with Crippen molar-refractivity contribution in [2.45, 2.75) is 31.8 Å². The fraction of sp³-hybridized carbons (Fsp3) is 0.421. The predicted octanol–water partition coefficient (Wildman–Crippen LogP) is 2.76. The highest BCUT2D eigenvalue weighted by molar-refractivity contribution is 5.95. The van der Waals surface area contributed by atoms with E-state index in [1.165, 1.54) is 6.20 Å². The van der Waals surface area contributed by atoms with Gasteiger partial charge in [-0.1, -0.05) is 12.1 Å². The number of nitrogens with zero attached hydrogens (tertiary/aromatic N) is 3. The Balaban J connectivity index is 1.61. The number of carbonyl (C=O) groups excluding carboxylic acids is 1. The Morgan fingerprint density at radius 1 is 1.36 bits per heavy atom. The van der Waals surface area contributed by atoms with Crippen LogP contribution in [0.3, 0.4) is 0 Å². The molecular formula is C19H24N4O2. The van der Waals surface area contributed by atoms with Gasteiger partial charge in [-0.2, -0.15) is 0 Å². The van der Waals surface area contributed by atoms with Gasteiger partial charge in [-0.3, -0.25) is 9.78 Å². The maximum Gasteiger partial charge on any atom is 0.253 e. The molecule has 1 aromatic carbocycles. The fourth-order valence-corrected chi connectivity index (χ4v) is 3.05. The number of carbonyl (C=O) groups is 1.